The summed E-state index contributed by atoms with van der Waals surface area (Å²) < 4.78 is 0. The van der Waals surface area contributed by atoms with Crippen molar-refractivity contribution in [2.45, 2.75) is 65.0 Å². The molecule has 1 aliphatic carbocycles. The highest BCUT2D eigenvalue weighted by atomic mass is 16.2. The second kappa shape index (κ2) is 8.25. The van der Waals surface area contributed by atoms with Crippen LogP contribution in [0.5, 0.6) is 0 Å². The van der Waals surface area contributed by atoms with Gasteiger partial charge in [-0.05, 0) is 44.2 Å². The molecule has 0 spiro atoms. The highest BCUT2D eigenvalue weighted by Crippen LogP contribution is 2.31. The molecule has 1 N–H and O–H groups in total. The fourth-order valence-corrected chi connectivity index (χ4v) is 4.42. The van der Waals surface area contributed by atoms with Crippen molar-refractivity contribution >= 4 is 11.7 Å². The highest BCUT2D eigenvalue weighted by Gasteiger charge is 2.26. The van der Waals surface area contributed by atoms with Crippen LogP contribution in [0.2, 0.25) is 0 Å². The van der Waals surface area contributed by atoms with Crippen molar-refractivity contribution < 1.29 is 4.79 Å². The predicted octanol–water partition coefficient (Wildman–Crippen LogP) is 3.82. The lowest BCUT2D eigenvalue weighted by Crippen LogP contribution is -2.36. The van der Waals surface area contributed by atoms with Gasteiger partial charge in [0.15, 0.2) is 5.82 Å². The lowest BCUT2D eigenvalue weighted by molar-refractivity contribution is -0.129. The molecule has 1 saturated carbocycles. The van der Waals surface area contributed by atoms with E-state index in [9.17, 15) is 4.79 Å². The highest BCUT2D eigenvalue weighted by molar-refractivity contribution is 5.74. The SMILES string of the molecule is CC(=O)N1CCc2c(nc(-c3ccncc3)nc2N[C@H](C)C2CCCCC2)C1. The Morgan fingerprint density at radius 1 is 1.18 bits per heavy atom. The molecule has 1 aliphatic heterocycles. The number of rotatable bonds is 4. The molecule has 2 aromatic heterocycles. The Morgan fingerprint density at radius 3 is 2.64 bits per heavy atom. The molecule has 0 bridgehead atoms. The zero-order valence-corrected chi connectivity index (χ0v) is 16.8. The molecule has 6 nitrogen and oxygen atoms in total. The zero-order chi connectivity index (χ0) is 19.5. The number of carbonyl (C=O) groups excluding carboxylic acids is 1. The Kier molecular flexibility index (Phi) is 5.55. The number of carbonyl (C=O) groups is 1. The van der Waals surface area contributed by atoms with Crippen molar-refractivity contribution in [3.05, 3.63) is 35.8 Å². The lowest BCUT2D eigenvalue weighted by atomic mass is 9.84. The van der Waals surface area contributed by atoms with Gasteiger partial charge in [0, 0.05) is 43.0 Å². The average Bonchev–Trinajstić information content (AvgIpc) is 2.74. The number of fused-ring (bicyclic) bond motifs is 1. The van der Waals surface area contributed by atoms with E-state index in [1.807, 2.05) is 17.0 Å². The number of anilines is 1. The van der Waals surface area contributed by atoms with Crippen LogP contribution < -0.4 is 5.32 Å². The number of nitrogens with zero attached hydrogens (tertiary/aromatic N) is 4. The van der Waals surface area contributed by atoms with Gasteiger partial charge in [-0.15, -0.1) is 0 Å². The minimum Gasteiger partial charge on any atom is -0.367 e. The number of aromatic nitrogens is 3. The molecule has 2 aromatic rings. The smallest absolute Gasteiger partial charge is 0.219 e. The van der Waals surface area contributed by atoms with Gasteiger partial charge in [-0.25, -0.2) is 9.97 Å². The van der Waals surface area contributed by atoms with Crippen LogP contribution in [0.25, 0.3) is 11.4 Å². The topological polar surface area (TPSA) is 71.0 Å². The maximum atomic E-state index is 11.9. The number of hydrogen-bond donors (Lipinski definition) is 1. The van der Waals surface area contributed by atoms with Crippen molar-refractivity contribution in [2.75, 3.05) is 11.9 Å². The predicted molar refractivity (Wildman–Crippen MR) is 110 cm³/mol. The van der Waals surface area contributed by atoms with Crippen LogP contribution >= 0.6 is 0 Å². The molecule has 1 atom stereocenters. The summed E-state index contributed by atoms with van der Waals surface area (Å²) in [6, 6.07) is 4.25. The largest absolute Gasteiger partial charge is 0.367 e. The van der Waals surface area contributed by atoms with Gasteiger partial charge in [-0.2, -0.15) is 0 Å². The summed E-state index contributed by atoms with van der Waals surface area (Å²) in [6.07, 6.45) is 10.9. The second-order valence-electron chi connectivity index (χ2n) is 8.08. The van der Waals surface area contributed by atoms with E-state index in [4.69, 9.17) is 9.97 Å². The molecule has 1 amide bonds. The van der Waals surface area contributed by atoms with E-state index in [-0.39, 0.29) is 5.91 Å². The Labute approximate surface area is 166 Å². The van der Waals surface area contributed by atoms with Crippen LogP contribution in [0.4, 0.5) is 5.82 Å². The van der Waals surface area contributed by atoms with Crippen LogP contribution in [0.15, 0.2) is 24.5 Å². The molecule has 0 radical (unpaired) electrons. The molecule has 28 heavy (non-hydrogen) atoms. The molecule has 148 valence electrons. The van der Waals surface area contributed by atoms with Gasteiger partial charge in [0.2, 0.25) is 5.91 Å². The van der Waals surface area contributed by atoms with Crippen molar-refractivity contribution in [1.82, 2.24) is 19.9 Å². The Hall–Kier alpha value is -2.50. The Morgan fingerprint density at radius 2 is 1.93 bits per heavy atom. The number of pyridine rings is 1. The third-order valence-corrected chi connectivity index (χ3v) is 6.17. The molecular formula is C22H29N5O. The van der Waals surface area contributed by atoms with E-state index in [2.05, 4.69) is 17.2 Å². The molecule has 4 rings (SSSR count). The van der Waals surface area contributed by atoms with Crippen LogP contribution in [0.3, 0.4) is 0 Å². The molecule has 2 aliphatic rings. The maximum Gasteiger partial charge on any atom is 0.219 e. The fraction of sp³-hybridized carbons (Fsp3) is 0.545. The minimum atomic E-state index is 0.0970. The summed E-state index contributed by atoms with van der Waals surface area (Å²) in [5.74, 6) is 2.43. The van der Waals surface area contributed by atoms with E-state index in [1.165, 1.54) is 32.1 Å². The molecule has 1 fully saturated rings. The first-order valence-corrected chi connectivity index (χ1v) is 10.4. The fourth-order valence-electron chi connectivity index (χ4n) is 4.42. The average molecular weight is 380 g/mol. The van der Waals surface area contributed by atoms with Gasteiger partial charge in [-0.3, -0.25) is 9.78 Å². The monoisotopic (exact) mass is 379 g/mol. The third-order valence-electron chi connectivity index (χ3n) is 6.17. The van der Waals surface area contributed by atoms with E-state index >= 15 is 0 Å². The van der Waals surface area contributed by atoms with Crippen LogP contribution in [-0.2, 0) is 17.8 Å². The summed E-state index contributed by atoms with van der Waals surface area (Å²) >= 11 is 0. The summed E-state index contributed by atoms with van der Waals surface area (Å²) in [6.45, 7) is 5.19. The molecule has 0 unspecified atom stereocenters. The minimum absolute atomic E-state index is 0.0970. The number of amides is 1. The van der Waals surface area contributed by atoms with E-state index in [0.717, 1.165) is 35.6 Å². The molecule has 3 heterocycles. The van der Waals surface area contributed by atoms with Crippen molar-refractivity contribution in [2.24, 2.45) is 5.92 Å². The molecular weight excluding hydrogens is 350 g/mol. The van der Waals surface area contributed by atoms with Gasteiger partial charge in [0.25, 0.3) is 0 Å². The normalized spacial score (nSPS) is 18.4. The van der Waals surface area contributed by atoms with E-state index in [1.54, 1.807) is 19.3 Å². The van der Waals surface area contributed by atoms with Gasteiger partial charge in [0.1, 0.15) is 5.82 Å². The van der Waals surface area contributed by atoms with Crippen LogP contribution in [0.1, 0.15) is 57.2 Å². The zero-order valence-electron chi connectivity index (χ0n) is 16.8. The van der Waals surface area contributed by atoms with Gasteiger partial charge in [0.05, 0.1) is 12.2 Å². The van der Waals surface area contributed by atoms with Crippen LogP contribution in [0, 0.1) is 5.92 Å². The summed E-state index contributed by atoms with van der Waals surface area (Å²) in [5.41, 5.74) is 3.07. The third kappa shape index (κ3) is 4.01. The summed E-state index contributed by atoms with van der Waals surface area (Å²) in [7, 11) is 0. The standard InChI is InChI=1S/C22H29N5O/c1-15(17-6-4-3-5-7-17)24-22-19-10-13-27(16(2)28)14-20(19)25-21(26-22)18-8-11-23-12-9-18/h8-9,11-12,15,17H,3-7,10,13-14H2,1-2H3,(H,24,25,26)/t15-/m1/s1. The van der Waals surface area contributed by atoms with Gasteiger partial charge >= 0.3 is 0 Å². The first-order chi connectivity index (χ1) is 13.6. The van der Waals surface area contributed by atoms with Crippen molar-refractivity contribution in [1.29, 1.82) is 0 Å². The van der Waals surface area contributed by atoms with Gasteiger partial charge in [-0.1, -0.05) is 19.3 Å². The summed E-state index contributed by atoms with van der Waals surface area (Å²) in [4.78, 5) is 27.6. The first-order valence-electron chi connectivity index (χ1n) is 10.4. The Balaban J connectivity index is 1.67. The molecule has 0 saturated heterocycles. The maximum absolute atomic E-state index is 11.9. The van der Waals surface area contributed by atoms with E-state index in [0.29, 0.717) is 24.3 Å². The lowest BCUT2D eigenvalue weighted by Gasteiger charge is -2.32. The van der Waals surface area contributed by atoms with Gasteiger partial charge < -0.3 is 10.2 Å². The van der Waals surface area contributed by atoms with E-state index < -0.39 is 0 Å². The summed E-state index contributed by atoms with van der Waals surface area (Å²) in [5, 5.41) is 3.72. The first kappa shape index (κ1) is 18.8. The quantitative estimate of drug-likeness (QED) is 0.874. The molecule has 0 aromatic carbocycles. The number of hydrogen-bond acceptors (Lipinski definition) is 5. The molecule has 6 heteroatoms. The van der Waals surface area contributed by atoms with Crippen LogP contribution in [-0.4, -0.2) is 38.3 Å². The second-order valence-corrected chi connectivity index (χ2v) is 8.08. The van der Waals surface area contributed by atoms with Crippen molar-refractivity contribution in [3.8, 4) is 11.4 Å². The number of nitrogens with one attached hydrogen (secondary N) is 1. The van der Waals surface area contributed by atoms with Crippen molar-refractivity contribution in [3.63, 3.8) is 0 Å². The Bertz CT molecular complexity index is 832.